The van der Waals surface area contributed by atoms with Gasteiger partial charge in [-0.3, -0.25) is 9.71 Å². The molecule has 1 heterocycles. The summed E-state index contributed by atoms with van der Waals surface area (Å²) in [6, 6.07) is 17.7. The van der Waals surface area contributed by atoms with Crippen LogP contribution in [0.3, 0.4) is 0 Å². The molecule has 0 amide bonds. The Hall–Kier alpha value is -4.55. The Balaban J connectivity index is 1.71. The van der Waals surface area contributed by atoms with Crippen molar-refractivity contribution < 1.29 is 27.8 Å². The van der Waals surface area contributed by atoms with Gasteiger partial charge in [0.15, 0.2) is 0 Å². The van der Waals surface area contributed by atoms with Crippen molar-refractivity contribution >= 4 is 32.6 Å². The van der Waals surface area contributed by atoms with Crippen molar-refractivity contribution in [3.05, 3.63) is 89.6 Å². The lowest BCUT2D eigenvalue weighted by Crippen LogP contribution is -2.14. The van der Waals surface area contributed by atoms with Crippen LogP contribution in [0, 0.1) is 11.8 Å². The van der Waals surface area contributed by atoms with E-state index in [4.69, 9.17) is 9.47 Å². The molecule has 2 N–H and O–H groups in total. The van der Waals surface area contributed by atoms with Crippen LogP contribution in [0.25, 0.3) is 10.9 Å². The molecule has 0 spiro atoms. The summed E-state index contributed by atoms with van der Waals surface area (Å²) in [6.07, 6.45) is 1.52. The molecule has 4 aromatic rings. The molecule has 35 heavy (non-hydrogen) atoms. The topological polar surface area (TPSA) is 115 Å². The van der Waals surface area contributed by atoms with Crippen molar-refractivity contribution in [2.75, 3.05) is 18.9 Å². The van der Waals surface area contributed by atoms with Gasteiger partial charge in [0, 0.05) is 22.7 Å². The van der Waals surface area contributed by atoms with E-state index in [1.807, 2.05) is 0 Å². The summed E-state index contributed by atoms with van der Waals surface area (Å²) in [4.78, 5) is 15.5. The molecule has 0 fully saturated rings. The number of pyridine rings is 1. The zero-order valence-electron chi connectivity index (χ0n) is 18.8. The molecule has 9 heteroatoms. The molecule has 8 nitrogen and oxygen atoms in total. The molecule has 0 saturated carbocycles. The fourth-order valence-electron chi connectivity index (χ4n) is 3.48. The highest BCUT2D eigenvalue weighted by Crippen LogP contribution is 2.31. The predicted octanol–water partition coefficient (Wildman–Crippen LogP) is 4.15. The maximum atomic E-state index is 13.3. The van der Waals surface area contributed by atoms with Gasteiger partial charge in [0.25, 0.3) is 10.0 Å². The van der Waals surface area contributed by atoms with Crippen molar-refractivity contribution in [1.29, 1.82) is 0 Å². The second-order valence-electron chi connectivity index (χ2n) is 7.29. The molecule has 0 aliphatic heterocycles. The minimum absolute atomic E-state index is 0.00524. The summed E-state index contributed by atoms with van der Waals surface area (Å²) in [5, 5.41) is 9.81. The summed E-state index contributed by atoms with van der Waals surface area (Å²) >= 11 is 0. The van der Waals surface area contributed by atoms with Crippen LogP contribution in [0.5, 0.6) is 11.5 Å². The van der Waals surface area contributed by atoms with Crippen molar-refractivity contribution in [2.24, 2.45) is 0 Å². The van der Waals surface area contributed by atoms with Gasteiger partial charge in [0.1, 0.15) is 22.0 Å². The average molecular weight is 489 g/mol. The van der Waals surface area contributed by atoms with E-state index < -0.39 is 16.0 Å². The normalized spacial score (nSPS) is 10.8. The van der Waals surface area contributed by atoms with Crippen molar-refractivity contribution in [1.82, 2.24) is 4.98 Å². The number of nitrogens with one attached hydrogen (secondary N) is 1. The van der Waals surface area contributed by atoms with E-state index in [1.54, 1.807) is 48.5 Å². The summed E-state index contributed by atoms with van der Waals surface area (Å²) < 4.78 is 39.7. The molecule has 3 aromatic carbocycles. The number of carbonyl (C=O) groups is 1. The Morgan fingerprint density at radius 3 is 2.46 bits per heavy atom. The number of anilines is 1. The second kappa shape index (κ2) is 9.75. The van der Waals surface area contributed by atoms with E-state index in [-0.39, 0.29) is 27.4 Å². The van der Waals surface area contributed by atoms with E-state index in [2.05, 4.69) is 21.5 Å². The molecule has 176 valence electrons. The Labute approximate surface area is 202 Å². The van der Waals surface area contributed by atoms with Crippen LogP contribution in [0.2, 0.25) is 0 Å². The number of methoxy groups -OCH3 is 2. The largest absolute Gasteiger partial charge is 0.496 e. The van der Waals surface area contributed by atoms with Crippen LogP contribution in [-0.4, -0.2) is 38.7 Å². The molecule has 0 aliphatic carbocycles. The number of rotatable bonds is 6. The van der Waals surface area contributed by atoms with E-state index in [9.17, 15) is 18.3 Å². The summed E-state index contributed by atoms with van der Waals surface area (Å²) in [6.45, 7) is 0. The van der Waals surface area contributed by atoms with Crippen LogP contribution in [0.1, 0.15) is 21.5 Å². The molecule has 0 unspecified atom stereocenters. The quantitative estimate of drug-likeness (QED) is 0.392. The smallest absolute Gasteiger partial charge is 0.339 e. The maximum absolute atomic E-state index is 13.3. The number of para-hydroxylation sites is 1. The molecule has 0 radical (unpaired) electrons. The maximum Gasteiger partial charge on any atom is 0.339 e. The molecule has 0 atom stereocenters. The second-order valence-corrected chi connectivity index (χ2v) is 8.94. The Kier molecular flexibility index (Phi) is 6.57. The Morgan fingerprint density at radius 1 is 0.943 bits per heavy atom. The fraction of sp³-hybridized carbons (Fsp3) is 0.0769. The van der Waals surface area contributed by atoms with Gasteiger partial charge in [-0.1, -0.05) is 24.0 Å². The standard InChI is InChI=1S/C26H20N2O6S/c1-33-22-13-14-24(25-19(22)7-5-15-27-25)35(31,32)28-21-8-4-3-6-18(21)11-9-17-10-12-20(26(29)30)23(16-17)34-2/h3-8,10,12-16,28H,1-2H3,(H,29,30). The fourth-order valence-corrected chi connectivity index (χ4v) is 4.72. The van der Waals surface area contributed by atoms with Crippen LogP contribution in [-0.2, 0) is 10.0 Å². The van der Waals surface area contributed by atoms with Gasteiger partial charge < -0.3 is 14.6 Å². The third kappa shape index (κ3) is 4.88. The lowest BCUT2D eigenvalue weighted by molar-refractivity contribution is 0.0693. The van der Waals surface area contributed by atoms with Gasteiger partial charge in [-0.25, -0.2) is 13.2 Å². The van der Waals surface area contributed by atoms with Crippen molar-refractivity contribution in [3.63, 3.8) is 0 Å². The van der Waals surface area contributed by atoms with Crippen LogP contribution in [0.15, 0.2) is 77.8 Å². The van der Waals surface area contributed by atoms with E-state index >= 15 is 0 Å². The first-order chi connectivity index (χ1) is 16.8. The first-order valence-corrected chi connectivity index (χ1v) is 11.8. The molecule has 0 bridgehead atoms. The number of fused-ring (bicyclic) bond motifs is 1. The molecular formula is C26H20N2O6S. The minimum Gasteiger partial charge on any atom is -0.496 e. The van der Waals surface area contributed by atoms with Gasteiger partial charge in [-0.05, 0) is 54.6 Å². The lowest BCUT2D eigenvalue weighted by Gasteiger charge is -2.13. The Bertz CT molecular complexity index is 1600. The van der Waals surface area contributed by atoms with E-state index in [1.165, 1.54) is 38.6 Å². The number of hydrogen-bond acceptors (Lipinski definition) is 6. The van der Waals surface area contributed by atoms with E-state index in [0.717, 1.165) is 0 Å². The summed E-state index contributed by atoms with van der Waals surface area (Å²) in [5.74, 6) is 5.45. The third-order valence-corrected chi connectivity index (χ3v) is 6.54. The van der Waals surface area contributed by atoms with Crippen molar-refractivity contribution in [3.8, 4) is 23.3 Å². The van der Waals surface area contributed by atoms with Gasteiger partial charge in [0.05, 0.1) is 25.4 Å². The SMILES string of the molecule is COc1cc(C#Cc2ccccc2NS(=O)(=O)c2ccc(OC)c3cccnc23)ccc1C(=O)O. The number of aromatic carboxylic acids is 1. The summed E-state index contributed by atoms with van der Waals surface area (Å²) in [5.41, 5.74) is 1.53. The number of carboxylic acids is 1. The lowest BCUT2D eigenvalue weighted by atomic mass is 10.1. The zero-order valence-corrected chi connectivity index (χ0v) is 19.6. The molecule has 0 saturated heterocycles. The monoisotopic (exact) mass is 488 g/mol. The van der Waals surface area contributed by atoms with Gasteiger partial charge in [0.2, 0.25) is 0 Å². The van der Waals surface area contributed by atoms with Gasteiger partial charge in [-0.2, -0.15) is 0 Å². The molecule has 1 aromatic heterocycles. The highest BCUT2D eigenvalue weighted by atomic mass is 32.2. The van der Waals surface area contributed by atoms with Crippen LogP contribution < -0.4 is 14.2 Å². The zero-order chi connectivity index (χ0) is 25.0. The summed E-state index contributed by atoms with van der Waals surface area (Å²) in [7, 11) is -1.13. The first-order valence-electron chi connectivity index (χ1n) is 10.3. The van der Waals surface area contributed by atoms with Gasteiger partial charge >= 0.3 is 5.97 Å². The number of nitrogens with zero attached hydrogens (tertiary/aromatic N) is 1. The van der Waals surface area contributed by atoms with Crippen LogP contribution in [0.4, 0.5) is 5.69 Å². The number of ether oxygens (including phenoxy) is 2. The molecular weight excluding hydrogens is 468 g/mol. The van der Waals surface area contributed by atoms with Crippen molar-refractivity contribution in [2.45, 2.75) is 4.90 Å². The number of aromatic nitrogens is 1. The molecule has 4 rings (SSSR count). The average Bonchev–Trinajstić information content (AvgIpc) is 2.86. The highest BCUT2D eigenvalue weighted by molar-refractivity contribution is 7.93. The van der Waals surface area contributed by atoms with E-state index in [0.29, 0.717) is 22.3 Å². The number of carboxylic acid groups (broad SMARTS) is 1. The minimum atomic E-state index is -4.02. The first kappa shape index (κ1) is 23.6. The number of sulfonamides is 1. The highest BCUT2D eigenvalue weighted by Gasteiger charge is 2.21. The predicted molar refractivity (Wildman–Crippen MR) is 131 cm³/mol. The molecule has 0 aliphatic rings. The third-order valence-electron chi connectivity index (χ3n) is 5.15. The number of benzene rings is 3. The Morgan fingerprint density at radius 2 is 1.71 bits per heavy atom. The van der Waals surface area contributed by atoms with Crippen LogP contribution >= 0.6 is 0 Å². The number of hydrogen-bond donors (Lipinski definition) is 2. The van der Waals surface area contributed by atoms with Gasteiger partial charge in [-0.15, -0.1) is 0 Å².